The molecular formula is C61H67N5O10+2. The molecule has 0 spiro atoms. The molecule has 0 saturated heterocycles. The fraction of sp³-hybridized carbons (Fsp3) is 0.311. The Labute approximate surface area is 445 Å². The average Bonchev–Trinajstić information content (AvgIpc) is 3.92. The Morgan fingerprint density at radius 3 is 1.01 bits per heavy atom. The van der Waals surface area contributed by atoms with Crippen molar-refractivity contribution >= 4 is 0 Å². The van der Waals surface area contributed by atoms with Crippen LogP contribution in [-0.4, -0.2) is 85.6 Å². The summed E-state index contributed by atoms with van der Waals surface area (Å²) in [7, 11) is 17.1. The molecule has 76 heavy (non-hydrogen) atoms. The lowest BCUT2D eigenvalue weighted by Crippen LogP contribution is -2.33. The van der Waals surface area contributed by atoms with Gasteiger partial charge in [0.25, 0.3) is 0 Å². The number of nitrogens with zero attached hydrogens (tertiary/aromatic N) is 5. The van der Waals surface area contributed by atoms with Crippen LogP contribution >= 0.6 is 0 Å². The maximum absolute atomic E-state index is 6.78. The molecule has 0 N–H and O–H groups in total. The number of hydrogen-bond acceptors (Lipinski definition) is 12. The van der Waals surface area contributed by atoms with Crippen molar-refractivity contribution in [2.24, 2.45) is 7.05 Å². The predicted octanol–water partition coefficient (Wildman–Crippen LogP) is 8.72. The molecule has 15 nitrogen and oxygen atoms in total. The van der Waals surface area contributed by atoms with Crippen molar-refractivity contribution in [1.29, 1.82) is 0 Å². The van der Waals surface area contributed by atoms with Gasteiger partial charge in [0.2, 0.25) is 0 Å². The molecule has 0 atom stereocenters. The molecule has 15 heteroatoms. The lowest BCUT2D eigenvalue weighted by atomic mass is 9.94. The molecule has 394 valence electrons. The minimum Gasteiger partial charge on any atom is -0.496 e. The van der Waals surface area contributed by atoms with Crippen molar-refractivity contribution in [1.82, 2.24) is 15.0 Å². The van der Waals surface area contributed by atoms with Crippen LogP contribution in [0.5, 0.6) is 57.5 Å². The summed E-state index contributed by atoms with van der Waals surface area (Å²) >= 11 is 0. The molecule has 8 aromatic rings. The van der Waals surface area contributed by atoms with Crippen LogP contribution in [0.25, 0.3) is 11.1 Å². The fourth-order valence-electron chi connectivity index (χ4n) is 10.0. The highest BCUT2D eigenvalue weighted by Crippen LogP contribution is 2.42. The summed E-state index contributed by atoms with van der Waals surface area (Å²) in [6.07, 6.45) is 13.3. The number of hydrogen-bond donors (Lipinski definition) is 0. The average molecular weight is 1030 g/mol. The molecule has 10 bridgehead atoms. The summed E-state index contributed by atoms with van der Waals surface area (Å²) in [6, 6.07) is 28.9. The van der Waals surface area contributed by atoms with E-state index in [9.17, 15) is 0 Å². The van der Waals surface area contributed by atoms with Gasteiger partial charge < -0.3 is 47.4 Å². The van der Waals surface area contributed by atoms with Gasteiger partial charge in [-0.2, -0.15) is 0 Å². The lowest BCUT2D eigenvalue weighted by molar-refractivity contribution is -0.696. The summed E-state index contributed by atoms with van der Waals surface area (Å²) in [5.41, 5.74) is 12.3. The van der Waals surface area contributed by atoms with Crippen molar-refractivity contribution in [2.75, 3.05) is 70.6 Å². The first-order chi connectivity index (χ1) is 37.1. The molecule has 5 aromatic carbocycles. The lowest BCUT2D eigenvalue weighted by Gasteiger charge is -2.20. The van der Waals surface area contributed by atoms with Crippen LogP contribution in [0.4, 0.5) is 0 Å². The van der Waals surface area contributed by atoms with E-state index in [1.165, 1.54) is 11.1 Å². The van der Waals surface area contributed by atoms with Gasteiger partial charge in [0, 0.05) is 118 Å². The van der Waals surface area contributed by atoms with E-state index >= 15 is 0 Å². The van der Waals surface area contributed by atoms with Gasteiger partial charge in [0.05, 0.1) is 82.6 Å². The van der Waals surface area contributed by atoms with Crippen LogP contribution in [0.2, 0.25) is 0 Å². The molecule has 0 unspecified atom stereocenters. The summed E-state index contributed by atoms with van der Waals surface area (Å²) in [5, 5.41) is 8.99. The van der Waals surface area contributed by atoms with E-state index in [-0.39, 0.29) is 0 Å². The number of benzene rings is 5. The molecule has 10 aliphatic rings. The molecule has 0 saturated carbocycles. The number of rotatable bonds is 17. The largest absolute Gasteiger partial charge is 0.496 e. The van der Waals surface area contributed by atoms with Crippen molar-refractivity contribution in [3.8, 4) is 68.6 Å². The predicted molar refractivity (Wildman–Crippen MR) is 288 cm³/mol. The number of ether oxygens (including phenoxy) is 10. The molecule has 0 fully saturated rings. The number of methoxy groups -OCH3 is 9. The van der Waals surface area contributed by atoms with E-state index in [2.05, 4.69) is 70.0 Å². The van der Waals surface area contributed by atoms with Gasteiger partial charge in [-0.15, -0.1) is 5.10 Å². The molecule has 18 rings (SSSR count). The molecule has 0 aliphatic heterocycles. The number of pyridine rings is 2. The van der Waals surface area contributed by atoms with Crippen LogP contribution in [0, 0.1) is 0 Å². The second-order valence-electron chi connectivity index (χ2n) is 18.7. The SMILES string of the molecule is COc1cc2c(OC)cc1Cc1cc(OC)c(cc1OC)Cc1cc(OC)c(cc1OC)Cc1cc(OC)c(cc1OCCn1cc(CC[n+]3ccc(-c4cc[n+](C)cc4)cc3)nn1)Cc1cc(OC)c(cc1OC)C2. The molecule has 3 heterocycles. The van der Waals surface area contributed by atoms with Crippen molar-refractivity contribution in [3.63, 3.8) is 0 Å². The molecule has 10 aliphatic carbocycles. The maximum atomic E-state index is 6.78. The van der Waals surface area contributed by atoms with E-state index < -0.39 is 0 Å². The summed E-state index contributed by atoms with van der Waals surface area (Å²) in [5.74, 6) is 6.95. The highest BCUT2D eigenvalue weighted by molar-refractivity contribution is 5.62. The molecule has 0 amide bonds. The van der Waals surface area contributed by atoms with Crippen LogP contribution in [0.15, 0.2) is 116 Å². The second kappa shape index (κ2) is 23.8. The third-order valence-electron chi connectivity index (χ3n) is 14.1. The van der Waals surface area contributed by atoms with E-state index in [0.717, 1.165) is 74.3 Å². The quantitative estimate of drug-likeness (QED) is 0.0809. The second-order valence-corrected chi connectivity index (χ2v) is 18.7. The zero-order chi connectivity index (χ0) is 53.3. The third kappa shape index (κ3) is 11.6. The third-order valence-corrected chi connectivity index (χ3v) is 14.1. The highest BCUT2D eigenvalue weighted by atomic mass is 16.5. The Morgan fingerprint density at radius 1 is 0.408 bits per heavy atom. The van der Waals surface area contributed by atoms with Crippen molar-refractivity contribution < 1.29 is 56.5 Å². The van der Waals surface area contributed by atoms with Crippen molar-refractivity contribution in [2.45, 2.75) is 51.6 Å². The Morgan fingerprint density at radius 2 is 0.697 bits per heavy atom. The zero-order valence-corrected chi connectivity index (χ0v) is 45.2. The number of aryl methyl sites for hydroxylation is 3. The van der Waals surface area contributed by atoms with E-state index in [0.29, 0.717) is 103 Å². The first-order valence-corrected chi connectivity index (χ1v) is 25.2. The normalized spacial score (nSPS) is 12.0. The smallest absolute Gasteiger partial charge is 0.169 e. The summed E-state index contributed by atoms with van der Waals surface area (Å²) in [4.78, 5) is 0. The van der Waals surface area contributed by atoms with E-state index in [4.69, 9.17) is 47.4 Å². The van der Waals surface area contributed by atoms with Crippen LogP contribution in [0.3, 0.4) is 0 Å². The highest BCUT2D eigenvalue weighted by Gasteiger charge is 2.24. The molecule has 3 aromatic heterocycles. The van der Waals surface area contributed by atoms with Gasteiger partial charge in [-0.1, -0.05) is 5.21 Å². The Hall–Kier alpha value is -8.46. The van der Waals surface area contributed by atoms with Crippen LogP contribution < -0.4 is 56.5 Å². The van der Waals surface area contributed by atoms with E-state index in [1.807, 2.05) is 77.1 Å². The minimum atomic E-state index is 0.319. The van der Waals surface area contributed by atoms with Gasteiger partial charge in [-0.25, -0.2) is 13.8 Å². The Bertz CT molecular complexity index is 3320. The van der Waals surface area contributed by atoms with Crippen LogP contribution in [-0.2, 0) is 58.7 Å². The zero-order valence-electron chi connectivity index (χ0n) is 45.2. The van der Waals surface area contributed by atoms with E-state index in [1.54, 1.807) is 64.0 Å². The topological polar surface area (TPSA) is 131 Å². The first-order valence-electron chi connectivity index (χ1n) is 25.2. The first kappa shape index (κ1) is 52.4. The van der Waals surface area contributed by atoms with Crippen LogP contribution in [0.1, 0.15) is 61.3 Å². The fourth-order valence-corrected chi connectivity index (χ4v) is 10.0. The monoisotopic (exact) mass is 1030 g/mol. The number of aromatic nitrogens is 5. The minimum absolute atomic E-state index is 0.319. The van der Waals surface area contributed by atoms with Crippen molar-refractivity contribution in [3.05, 3.63) is 177 Å². The van der Waals surface area contributed by atoms with Gasteiger partial charge in [0.15, 0.2) is 31.3 Å². The Kier molecular flexibility index (Phi) is 16.4. The molecular weight excluding hydrogens is 963 g/mol. The maximum Gasteiger partial charge on any atom is 0.169 e. The van der Waals surface area contributed by atoms with Gasteiger partial charge in [-0.3, -0.25) is 0 Å². The Balaban J connectivity index is 1.07. The standard InChI is InChI=1S/C61H67N5O10/c1-64-16-11-39(12-17-64)40-13-18-65(19-14-40)20-15-51-38-66(63-62-51)21-22-76-61-37-49-26-47-34-56(71-6)45(32-57(47)72-7)24-43-30-52(67-2)41(28-53(43)68-3)23-42-29-55(70-5)44(31-54(42)69-4)25-46-33-59(74-9)48(35-58(46)73-8)27-50(61)36-60(49)75-10/h11-14,16-19,28-38H,15,20-27H2,1-10H3/q+2. The van der Waals surface area contributed by atoms with Gasteiger partial charge in [-0.05, 0) is 71.8 Å². The van der Waals surface area contributed by atoms with Gasteiger partial charge in [0.1, 0.15) is 71.1 Å². The summed E-state index contributed by atoms with van der Waals surface area (Å²) < 4.78 is 67.7. The molecule has 0 radical (unpaired) electrons. The summed E-state index contributed by atoms with van der Waals surface area (Å²) in [6.45, 7) is 1.55. The van der Waals surface area contributed by atoms with Gasteiger partial charge >= 0.3 is 0 Å².